The van der Waals surface area contributed by atoms with E-state index in [0.29, 0.717) is 26.2 Å². The number of nitrogens with zero attached hydrogens (tertiary/aromatic N) is 3. The molecule has 1 heterocycles. The van der Waals surface area contributed by atoms with Crippen LogP contribution in [0.2, 0.25) is 0 Å². The molecule has 0 radical (unpaired) electrons. The molecule has 0 spiro atoms. The van der Waals surface area contributed by atoms with Crippen LogP contribution in [0.25, 0.3) is 0 Å². The normalized spacial score (nSPS) is 17.6. The third-order valence-corrected chi connectivity index (χ3v) is 3.68. The zero-order valence-corrected chi connectivity index (χ0v) is 11.7. The van der Waals surface area contributed by atoms with Gasteiger partial charge in [0.05, 0.1) is 6.07 Å². The van der Waals surface area contributed by atoms with Crippen molar-refractivity contribution < 1.29 is 9.18 Å². The average Bonchev–Trinajstić information content (AvgIpc) is 2.50. The van der Waals surface area contributed by atoms with Crippen LogP contribution >= 0.6 is 11.6 Å². The third kappa shape index (κ3) is 3.27. The SMILES string of the molecule is N#C[C@@H](c1ccc(F)cc1)N1CCN(C(=O)CCl)CC1. The zero-order chi connectivity index (χ0) is 14.5. The van der Waals surface area contributed by atoms with Crippen molar-refractivity contribution in [2.75, 3.05) is 32.1 Å². The summed E-state index contributed by atoms with van der Waals surface area (Å²) in [5.41, 5.74) is 0.769. The van der Waals surface area contributed by atoms with Crippen molar-refractivity contribution in [2.24, 2.45) is 0 Å². The van der Waals surface area contributed by atoms with Crippen LogP contribution < -0.4 is 0 Å². The first-order valence-electron chi connectivity index (χ1n) is 6.38. The minimum absolute atomic E-state index is 0.0142. The van der Waals surface area contributed by atoms with Crippen molar-refractivity contribution in [3.05, 3.63) is 35.6 Å². The van der Waals surface area contributed by atoms with E-state index in [2.05, 4.69) is 6.07 Å². The fourth-order valence-electron chi connectivity index (χ4n) is 2.33. The number of nitriles is 1. The maximum absolute atomic E-state index is 12.9. The molecule has 0 saturated carbocycles. The van der Waals surface area contributed by atoms with Gasteiger partial charge in [-0.2, -0.15) is 5.26 Å². The highest BCUT2D eigenvalue weighted by Crippen LogP contribution is 2.21. The quantitative estimate of drug-likeness (QED) is 0.799. The van der Waals surface area contributed by atoms with Crippen LogP contribution in [0.1, 0.15) is 11.6 Å². The van der Waals surface area contributed by atoms with Crippen molar-refractivity contribution in [3.63, 3.8) is 0 Å². The highest BCUT2D eigenvalue weighted by molar-refractivity contribution is 6.27. The van der Waals surface area contributed by atoms with Gasteiger partial charge in [-0.05, 0) is 17.7 Å². The molecule has 1 saturated heterocycles. The second kappa shape index (κ2) is 6.69. The van der Waals surface area contributed by atoms with Crippen molar-refractivity contribution in [1.29, 1.82) is 5.26 Å². The Morgan fingerprint density at radius 2 is 1.90 bits per heavy atom. The smallest absolute Gasteiger partial charge is 0.237 e. The molecule has 1 aromatic rings. The molecule has 106 valence electrons. The molecule has 1 atom stereocenters. The summed E-state index contributed by atoms with van der Waals surface area (Å²) in [6.07, 6.45) is 0. The van der Waals surface area contributed by atoms with Gasteiger partial charge < -0.3 is 4.90 Å². The van der Waals surface area contributed by atoms with E-state index in [-0.39, 0.29) is 17.6 Å². The van der Waals surface area contributed by atoms with E-state index in [1.807, 2.05) is 4.90 Å². The lowest BCUT2D eigenvalue weighted by Crippen LogP contribution is -2.49. The summed E-state index contributed by atoms with van der Waals surface area (Å²) in [4.78, 5) is 15.2. The Hall–Kier alpha value is -1.64. The number of halogens is 2. The van der Waals surface area contributed by atoms with Crippen LogP contribution in [0, 0.1) is 17.1 Å². The molecule has 0 aliphatic carbocycles. The summed E-state index contributed by atoms with van der Waals surface area (Å²) >= 11 is 5.53. The molecule has 0 N–H and O–H groups in total. The van der Waals surface area contributed by atoms with E-state index in [9.17, 15) is 14.4 Å². The monoisotopic (exact) mass is 295 g/mol. The first-order chi connectivity index (χ1) is 9.65. The van der Waals surface area contributed by atoms with Gasteiger partial charge in [0.1, 0.15) is 17.7 Å². The molecular weight excluding hydrogens is 281 g/mol. The van der Waals surface area contributed by atoms with Gasteiger partial charge in [0.2, 0.25) is 5.91 Å². The van der Waals surface area contributed by atoms with Crippen LogP contribution in [-0.2, 0) is 4.79 Å². The first-order valence-corrected chi connectivity index (χ1v) is 6.92. The predicted molar refractivity (Wildman–Crippen MR) is 73.6 cm³/mol. The summed E-state index contributed by atoms with van der Waals surface area (Å²) < 4.78 is 12.9. The van der Waals surface area contributed by atoms with Gasteiger partial charge in [-0.1, -0.05) is 12.1 Å². The Bertz CT molecular complexity index is 506. The molecule has 1 fully saturated rings. The van der Waals surface area contributed by atoms with Crippen molar-refractivity contribution in [2.45, 2.75) is 6.04 Å². The number of benzene rings is 1. The first kappa shape index (κ1) is 14.8. The largest absolute Gasteiger partial charge is 0.339 e. The van der Waals surface area contributed by atoms with E-state index in [1.165, 1.54) is 12.1 Å². The summed E-state index contributed by atoms with van der Waals surface area (Å²) in [7, 11) is 0. The molecule has 0 bridgehead atoms. The average molecular weight is 296 g/mol. The molecule has 0 aromatic heterocycles. The molecule has 1 amide bonds. The van der Waals surface area contributed by atoms with Crippen LogP contribution in [0.15, 0.2) is 24.3 Å². The minimum atomic E-state index is -0.413. The maximum Gasteiger partial charge on any atom is 0.237 e. The van der Waals surface area contributed by atoms with Crippen LogP contribution in [-0.4, -0.2) is 47.8 Å². The van der Waals surface area contributed by atoms with Gasteiger partial charge in [0.15, 0.2) is 0 Å². The lowest BCUT2D eigenvalue weighted by Gasteiger charge is -2.36. The van der Waals surface area contributed by atoms with E-state index < -0.39 is 6.04 Å². The number of amides is 1. The molecule has 1 aromatic carbocycles. The van der Waals surface area contributed by atoms with E-state index in [4.69, 9.17) is 11.6 Å². The highest BCUT2D eigenvalue weighted by atomic mass is 35.5. The fourth-order valence-corrected chi connectivity index (χ4v) is 2.50. The Balaban J connectivity index is 2.02. The number of alkyl halides is 1. The minimum Gasteiger partial charge on any atom is -0.339 e. The van der Waals surface area contributed by atoms with Crippen LogP contribution in [0.4, 0.5) is 4.39 Å². The summed E-state index contributed by atoms with van der Waals surface area (Å²) in [6, 6.07) is 7.78. The Labute approximate surface area is 122 Å². The number of hydrogen-bond acceptors (Lipinski definition) is 3. The van der Waals surface area contributed by atoms with Crippen LogP contribution in [0.3, 0.4) is 0 Å². The molecule has 1 aliphatic rings. The number of carbonyl (C=O) groups is 1. The number of carbonyl (C=O) groups excluding carboxylic acids is 1. The summed E-state index contributed by atoms with van der Waals surface area (Å²) in [6.45, 7) is 2.34. The third-order valence-electron chi connectivity index (χ3n) is 3.45. The van der Waals surface area contributed by atoms with Crippen molar-refractivity contribution >= 4 is 17.5 Å². The lowest BCUT2D eigenvalue weighted by molar-refractivity contribution is -0.130. The van der Waals surface area contributed by atoms with E-state index in [1.54, 1.807) is 17.0 Å². The molecule has 0 unspecified atom stereocenters. The second-order valence-corrected chi connectivity index (χ2v) is 4.90. The van der Waals surface area contributed by atoms with Crippen molar-refractivity contribution in [3.8, 4) is 6.07 Å². The fraction of sp³-hybridized carbons (Fsp3) is 0.429. The lowest BCUT2D eigenvalue weighted by atomic mass is 10.1. The number of hydrogen-bond donors (Lipinski definition) is 0. The summed E-state index contributed by atoms with van der Waals surface area (Å²) in [5.74, 6) is -0.413. The van der Waals surface area contributed by atoms with Gasteiger partial charge in [0, 0.05) is 26.2 Å². The van der Waals surface area contributed by atoms with Crippen molar-refractivity contribution in [1.82, 2.24) is 9.80 Å². The van der Waals surface area contributed by atoms with E-state index >= 15 is 0 Å². The summed E-state index contributed by atoms with van der Waals surface area (Å²) in [5, 5.41) is 9.34. The van der Waals surface area contributed by atoms with Gasteiger partial charge in [-0.3, -0.25) is 9.69 Å². The molecule has 6 heteroatoms. The predicted octanol–water partition coefficient (Wildman–Crippen LogP) is 1.77. The Morgan fingerprint density at radius 3 is 2.40 bits per heavy atom. The van der Waals surface area contributed by atoms with Gasteiger partial charge in [-0.15, -0.1) is 11.6 Å². The maximum atomic E-state index is 12.9. The highest BCUT2D eigenvalue weighted by Gasteiger charge is 2.26. The van der Waals surface area contributed by atoms with Crippen LogP contribution in [0.5, 0.6) is 0 Å². The van der Waals surface area contributed by atoms with Gasteiger partial charge >= 0.3 is 0 Å². The standard InChI is InChI=1S/C14H15ClFN3O/c15-9-14(20)19-7-5-18(6-8-19)13(10-17)11-1-3-12(16)4-2-11/h1-4,13H,5-9H2/t13-/m0/s1. The number of piperazine rings is 1. The Kier molecular flexibility index (Phi) is 4.94. The molecule has 2 rings (SSSR count). The zero-order valence-electron chi connectivity index (χ0n) is 10.9. The topological polar surface area (TPSA) is 47.3 Å². The number of rotatable bonds is 3. The van der Waals surface area contributed by atoms with E-state index in [0.717, 1.165) is 5.56 Å². The Morgan fingerprint density at radius 1 is 1.30 bits per heavy atom. The van der Waals surface area contributed by atoms with Gasteiger partial charge in [0.25, 0.3) is 0 Å². The molecule has 20 heavy (non-hydrogen) atoms. The van der Waals surface area contributed by atoms with Gasteiger partial charge in [-0.25, -0.2) is 4.39 Å². The molecule has 4 nitrogen and oxygen atoms in total. The second-order valence-electron chi connectivity index (χ2n) is 4.63. The molecular formula is C14H15ClFN3O. The molecule has 1 aliphatic heterocycles.